The molecule has 0 spiro atoms. The summed E-state index contributed by atoms with van der Waals surface area (Å²) in [4.78, 5) is 23.1. The second kappa shape index (κ2) is 8.15. The molecular weight excluding hydrogens is 246 g/mol. The van der Waals surface area contributed by atoms with E-state index in [1.807, 2.05) is 6.92 Å². The van der Waals surface area contributed by atoms with Crippen molar-refractivity contribution in [2.75, 3.05) is 13.2 Å². The molecule has 1 saturated carbocycles. The fourth-order valence-corrected chi connectivity index (χ4v) is 2.79. The number of hydrogen-bond donors (Lipinski definition) is 3. The number of aliphatic carboxylic acids is 1. The maximum absolute atomic E-state index is 12.0. The van der Waals surface area contributed by atoms with Gasteiger partial charge in [0.25, 0.3) is 0 Å². The van der Waals surface area contributed by atoms with Crippen LogP contribution in [0.15, 0.2) is 0 Å². The summed E-state index contributed by atoms with van der Waals surface area (Å²) in [5.41, 5.74) is 0. The van der Waals surface area contributed by atoms with Gasteiger partial charge in [-0.2, -0.15) is 0 Å². The van der Waals surface area contributed by atoms with E-state index in [0.717, 1.165) is 25.7 Å². The van der Waals surface area contributed by atoms with Gasteiger partial charge < -0.3 is 15.5 Å². The minimum absolute atomic E-state index is 0.112. The molecule has 0 aromatic heterocycles. The molecule has 0 saturated heterocycles. The number of nitrogens with one attached hydrogen (secondary N) is 1. The van der Waals surface area contributed by atoms with Gasteiger partial charge in [-0.25, -0.2) is 0 Å². The summed E-state index contributed by atoms with van der Waals surface area (Å²) in [6.45, 7) is 2.81. The van der Waals surface area contributed by atoms with Gasteiger partial charge in [0.2, 0.25) is 5.91 Å². The summed E-state index contributed by atoms with van der Waals surface area (Å²) in [5, 5.41) is 20.6. The Hall–Kier alpha value is -1.10. The number of unbranched alkanes of at least 4 members (excludes halogenated alkanes) is 3. The van der Waals surface area contributed by atoms with E-state index in [9.17, 15) is 9.59 Å². The molecule has 19 heavy (non-hydrogen) atoms. The standard InChI is InChI=1S/C14H25NO4/c1-10-8-11(12(9-10)14(18)19)13(17)15-6-4-2-3-5-7-16/h10-12,16H,2-9H2,1H3,(H,15,17)(H,18,19). The van der Waals surface area contributed by atoms with Crippen LogP contribution in [0.5, 0.6) is 0 Å². The number of carboxylic acid groups (broad SMARTS) is 1. The predicted molar refractivity (Wildman–Crippen MR) is 71.6 cm³/mol. The molecule has 1 amide bonds. The number of aliphatic hydroxyl groups is 1. The average molecular weight is 271 g/mol. The van der Waals surface area contributed by atoms with Gasteiger partial charge in [0.15, 0.2) is 0 Å². The van der Waals surface area contributed by atoms with Crippen LogP contribution in [0, 0.1) is 17.8 Å². The molecule has 0 aliphatic heterocycles. The SMILES string of the molecule is CC1CC(C(=O)O)C(C(=O)NCCCCCCO)C1. The van der Waals surface area contributed by atoms with Gasteiger partial charge in [0.1, 0.15) is 0 Å². The molecule has 0 bridgehead atoms. The van der Waals surface area contributed by atoms with Crippen molar-refractivity contribution >= 4 is 11.9 Å². The Bertz CT molecular complexity index is 306. The largest absolute Gasteiger partial charge is 0.481 e. The number of hydrogen-bond acceptors (Lipinski definition) is 3. The molecule has 0 aromatic carbocycles. The Kier molecular flexibility index (Phi) is 6.84. The maximum Gasteiger partial charge on any atom is 0.307 e. The first-order valence-corrected chi connectivity index (χ1v) is 7.17. The monoisotopic (exact) mass is 271 g/mol. The van der Waals surface area contributed by atoms with Crippen LogP contribution in [0.3, 0.4) is 0 Å². The first-order valence-electron chi connectivity index (χ1n) is 7.17. The zero-order chi connectivity index (χ0) is 14.3. The van der Waals surface area contributed by atoms with Gasteiger partial charge in [-0.3, -0.25) is 9.59 Å². The van der Waals surface area contributed by atoms with Crippen LogP contribution in [-0.2, 0) is 9.59 Å². The zero-order valence-corrected chi connectivity index (χ0v) is 11.6. The summed E-state index contributed by atoms with van der Waals surface area (Å²) >= 11 is 0. The highest BCUT2D eigenvalue weighted by Crippen LogP contribution is 2.36. The van der Waals surface area contributed by atoms with Crippen molar-refractivity contribution in [2.24, 2.45) is 17.8 Å². The molecule has 1 fully saturated rings. The number of amides is 1. The molecule has 5 heteroatoms. The molecule has 1 aliphatic rings. The van der Waals surface area contributed by atoms with Gasteiger partial charge in [0, 0.05) is 13.2 Å². The van der Waals surface area contributed by atoms with Crippen LogP contribution in [-0.4, -0.2) is 35.2 Å². The second-order valence-corrected chi connectivity index (χ2v) is 5.56. The van der Waals surface area contributed by atoms with E-state index in [1.165, 1.54) is 0 Å². The van der Waals surface area contributed by atoms with Crippen molar-refractivity contribution in [1.29, 1.82) is 0 Å². The third-order valence-corrected chi connectivity index (χ3v) is 3.84. The maximum atomic E-state index is 12.0. The Morgan fingerprint density at radius 1 is 1.11 bits per heavy atom. The lowest BCUT2D eigenvalue weighted by Crippen LogP contribution is -2.35. The molecule has 1 rings (SSSR count). The highest BCUT2D eigenvalue weighted by molar-refractivity contribution is 5.85. The molecule has 3 atom stereocenters. The van der Waals surface area contributed by atoms with Crippen LogP contribution in [0.2, 0.25) is 0 Å². The van der Waals surface area contributed by atoms with Crippen LogP contribution < -0.4 is 5.32 Å². The van der Waals surface area contributed by atoms with E-state index < -0.39 is 11.9 Å². The molecular formula is C14H25NO4. The molecule has 0 radical (unpaired) electrons. The van der Waals surface area contributed by atoms with Gasteiger partial charge in [0.05, 0.1) is 11.8 Å². The van der Waals surface area contributed by atoms with E-state index in [2.05, 4.69) is 5.32 Å². The molecule has 0 heterocycles. The first kappa shape index (κ1) is 16.0. The third-order valence-electron chi connectivity index (χ3n) is 3.84. The second-order valence-electron chi connectivity index (χ2n) is 5.56. The molecule has 3 N–H and O–H groups in total. The number of carbonyl (C=O) groups is 2. The van der Waals surface area contributed by atoms with E-state index in [4.69, 9.17) is 10.2 Å². The molecule has 5 nitrogen and oxygen atoms in total. The zero-order valence-electron chi connectivity index (χ0n) is 11.6. The summed E-state index contributed by atoms with van der Waals surface area (Å²) in [7, 11) is 0. The van der Waals surface area contributed by atoms with Crippen LogP contribution in [0.1, 0.15) is 45.4 Å². The Morgan fingerprint density at radius 3 is 2.37 bits per heavy atom. The molecule has 0 aromatic rings. The lowest BCUT2D eigenvalue weighted by atomic mass is 9.95. The molecule has 1 aliphatic carbocycles. The number of aliphatic hydroxyl groups excluding tert-OH is 1. The Labute approximate surface area is 114 Å². The summed E-state index contributed by atoms with van der Waals surface area (Å²) in [6, 6.07) is 0. The van der Waals surface area contributed by atoms with Crippen molar-refractivity contribution in [3.05, 3.63) is 0 Å². The van der Waals surface area contributed by atoms with Crippen molar-refractivity contribution in [3.8, 4) is 0 Å². The minimum Gasteiger partial charge on any atom is -0.481 e. The van der Waals surface area contributed by atoms with Crippen molar-refractivity contribution in [3.63, 3.8) is 0 Å². The molecule has 3 unspecified atom stereocenters. The Balaban J connectivity index is 2.26. The number of carboxylic acids is 1. The number of rotatable bonds is 8. The van der Waals surface area contributed by atoms with E-state index >= 15 is 0 Å². The topological polar surface area (TPSA) is 86.6 Å². The Morgan fingerprint density at radius 2 is 1.74 bits per heavy atom. The summed E-state index contributed by atoms with van der Waals surface area (Å²) < 4.78 is 0. The average Bonchev–Trinajstić information content (AvgIpc) is 2.76. The summed E-state index contributed by atoms with van der Waals surface area (Å²) in [5.74, 6) is -1.55. The normalized spacial score (nSPS) is 26.3. The van der Waals surface area contributed by atoms with Gasteiger partial charge in [-0.05, 0) is 31.6 Å². The van der Waals surface area contributed by atoms with Crippen LogP contribution in [0.25, 0.3) is 0 Å². The van der Waals surface area contributed by atoms with Gasteiger partial charge in [-0.15, -0.1) is 0 Å². The fraction of sp³-hybridized carbons (Fsp3) is 0.857. The lowest BCUT2D eigenvalue weighted by molar-refractivity contribution is -0.146. The van der Waals surface area contributed by atoms with Gasteiger partial charge in [-0.1, -0.05) is 19.8 Å². The van der Waals surface area contributed by atoms with E-state index in [-0.39, 0.29) is 18.4 Å². The van der Waals surface area contributed by atoms with Crippen LogP contribution in [0.4, 0.5) is 0 Å². The smallest absolute Gasteiger partial charge is 0.307 e. The van der Waals surface area contributed by atoms with Crippen LogP contribution >= 0.6 is 0 Å². The molecule has 110 valence electrons. The highest BCUT2D eigenvalue weighted by Gasteiger charge is 2.40. The van der Waals surface area contributed by atoms with E-state index in [1.54, 1.807) is 0 Å². The van der Waals surface area contributed by atoms with Crippen molar-refractivity contribution < 1.29 is 19.8 Å². The lowest BCUT2D eigenvalue weighted by Gasteiger charge is -2.15. The van der Waals surface area contributed by atoms with E-state index in [0.29, 0.717) is 25.3 Å². The van der Waals surface area contributed by atoms with Crippen molar-refractivity contribution in [1.82, 2.24) is 5.32 Å². The number of carbonyl (C=O) groups excluding carboxylic acids is 1. The highest BCUT2D eigenvalue weighted by atomic mass is 16.4. The fourth-order valence-electron chi connectivity index (χ4n) is 2.79. The third kappa shape index (κ3) is 5.19. The van der Waals surface area contributed by atoms with Crippen molar-refractivity contribution in [2.45, 2.75) is 45.4 Å². The van der Waals surface area contributed by atoms with Gasteiger partial charge >= 0.3 is 5.97 Å². The quantitative estimate of drug-likeness (QED) is 0.582. The first-order chi connectivity index (χ1) is 9.06. The predicted octanol–water partition coefficient (Wildman–Crippen LogP) is 1.40. The minimum atomic E-state index is -0.854. The summed E-state index contributed by atoms with van der Waals surface area (Å²) in [6.07, 6.45) is 4.90.